The number of hydrogen-bond acceptors (Lipinski definition) is 1. The molecule has 18 heavy (non-hydrogen) atoms. The van der Waals surface area contributed by atoms with Crippen molar-refractivity contribution in [3.8, 4) is 0 Å². The Balaban J connectivity index is 1.63. The summed E-state index contributed by atoms with van der Waals surface area (Å²) < 4.78 is 0. The molecule has 0 unspecified atom stereocenters. The van der Waals surface area contributed by atoms with E-state index in [2.05, 4.69) is 17.1 Å². The lowest BCUT2D eigenvalue weighted by Gasteiger charge is -2.33. The van der Waals surface area contributed by atoms with E-state index in [1.54, 1.807) is 0 Å². The van der Waals surface area contributed by atoms with Crippen LogP contribution in [0.5, 0.6) is 0 Å². The number of rotatable bonds is 2. The first kappa shape index (κ1) is 12.3. The molecule has 3 rings (SSSR count). The van der Waals surface area contributed by atoms with Crippen molar-refractivity contribution in [2.24, 2.45) is 10.4 Å². The molecular formula is C15H27N3. The fraction of sp³-hybridized carbons (Fsp3) is 0.933. The maximum absolute atomic E-state index is 4.70. The average Bonchev–Trinajstić information content (AvgIpc) is 3.12. The number of nitrogens with one attached hydrogen (secondary N) is 1. The Kier molecular flexibility index (Phi) is 3.49. The van der Waals surface area contributed by atoms with E-state index in [4.69, 9.17) is 4.99 Å². The molecule has 1 spiro atoms. The van der Waals surface area contributed by atoms with Crippen molar-refractivity contribution in [1.29, 1.82) is 0 Å². The largest absolute Gasteiger partial charge is 0.354 e. The van der Waals surface area contributed by atoms with Gasteiger partial charge in [0.1, 0.15) is 0 Å². The van der Waals surface area contributed by atoms with Crippen LogP contribution in [0.1, 0.15) is 58.3 Å². The summed E-state index contributed by atoms with van der Waals surface area (Å²) in [6.07, 6.45) is 11.3. The van der Waals surface area contributed by atoms with Crippen molar-refractivity contribution in [2.45, 2.75) is 64.3 Å². The van der Waals surface area contributed by atoms with Gasteiger partial charge in [-0.1, -0.05) is 19.3 Å². The summed E-state index contributed by atoms with van der Waals surface area (Å²) in [6.45, 7) is 5.52. The number of guanidine groups is 1. The molecule has 3 aliphatic rings. The summed E-state index contributed by atoms with van der Waals surface area (Å²) >= 11 is 0. The molecule has 0 amide bonds. The second-order valence-corrected chi connectivity index (χ2v) is 6.45. The van der Waals surface area contributed by atoms with E-state index in [1.165, 1.54) is 70.4 Å². The van der Waals surface area contributed by atoms with Crippen molar-refractivity contribution < 1.29 is 0 Å². The normalized spacial score (nSPS) is 27.8. The first-order valence-corrected chi connectivity index (χ1v) is 7.87. The molecule has 1 heterocycles. The predicted octanol–water partition coefficient (Wildman–Crippen LogP) is 2.77. The summed E-state index contributed by atoms with van der Waals surface area (Å²) in [4.78, 5) is 7.23. The maximum Gasteiger partial charge on any atom is 0.194 e. The highest BCUT2D eigenvalue weighted by Gasteiger charge is 2.40. The van der Waals surface area contributed by atoms with Gasteiger partial charge in [-0.2, -0.15) is 0 Å². The minimum Gasteiger partial charge on any atom is -0.354 e. The van der Waals surface area contributed by atoms with E-state index in [1.807, 2.05) is 0 Å². The number of aliphatic imine (C=N–C) groups is 1. The zero-order chi connectivity index (χ0) is 12.4. The standard InChI is InChI=1S/C15H27N3/c1-2-16-14(17-13-6-7-13)18-11-10-15(12-18)8-4-3-5-9-15/h13H,2-12H2,1H3,(H,16,17). The second kappa shape index (κ2) is 5.10. The molecule has 0 atom stereocenters. The molecule has 3 nitrogen and oxygen atoms in total. The lowest BCUT2D eigenvalue weighted by molar-refractivity contribution is 0.203. The highest BCUT2D eigenvalue weighted by Crippen LogP contribution is 2.43. The summed E-state index contributed by atoms with van der Waals surface area (Å²) in [5.41, 5.74) is 0.637. The SMILES string of the molecule is CCN=C(NC1CC1)N1CCC2(CCCCC2)C1. The molecule has 1 saturated heterocycles. The Bertz CT molecular complexity index is 314. The molecule has 1 aliphatic heterocycles. The molecule has 0 aromatic carbocycles. The average molecular weight is 249 g/mol. The van der Waals surface area contributed by atoms with Gasteiger partial charge in [-0.05, 0) is 44.4 Å². The van der Waals surface area contributed by atoms with Gasteiger partial charge in [-0.15, -0.1) is 0 Å². The summed E-state index contributed by atoms with van der Waals surface area (Å²) in [5, 5.41) is 3.63. The van der Waals surface area contributed by atoms with Gasteiger partial charge in [0.05, 0.1) is 0 Å². The number of nitrogens with zero attached hydrogens (tertiary/aromatic N) is 2. The van der Waals surface area contributed by atoms with Crippen LogP contribution in [0.3, 0.4) is 0 Å². The molecule has 0 radical (unpaired) electrons. The van der Waals surface area contributed by atoms with Crippen LogP contribution in [-0.2, 0) is 0 Å². The van der Waals surface area contributed by atoms with Crippen molar-refractivity contribution in [2.75, 3.05) is 19.6 Å². The smallest absolute Gasteiger partial charge is 0.194 e. The fourth-order valence-corrected chi connectivity index (χ4v) is 3.62. The van der Waals surface area contributed by atoms with E-state index in [9.17, 15) is 0 Å². The first-order chi connectivity index (χ1) is 8.81. The third-order valence-corrected chi connectivity index (χ3v) is 4.87. The molecule has 2 saturated carbocycles. The van der Waals surface area contributed by atoms with Crippen LogP contribution in [0.2, 0.25) is 0 Å². The van der Waals surface area contributed by atoms with Gasteiger partial charge in [0.15, 0.2) is 5.96 Å². The van der Waals surface area contributed by atoms with Crippen LogP contribution in [0.4, 0.5) is 0 Å². The van der Waals surface area contributed by atoms with Crippen molar-refractivity contribution in [3.63, 3.8) is 0 Å². The minimum absolute atomic E-state index is 0.637. The molecule has 3 heteroatoms. The first-order valence-electron chi connectivity index (χ1n) is 7.87. The van der Waals surface area contributed by atoms with Crippen molar-refractivity contribution >= 4 is 5.96 Å². The third-order valence-electron chi connectivity index (χ3n) is 4.87. The highest BCUT2D eigenvalue weighted by molar-refractivity contribution is 5.81. The zero-order valence-corrected chi connectivity index (χ0v) is 11.7. The predicted molar refractivity (Wildman–Crippen MR) is 75.8 cm³/mol. The van der Waals surface area contributed by atoms with Gasteiger partial charge < -0.3 is 10.2 Å². The van der Waals surface area contributed by atoms with Gasteiger partial charge in [-0.25, -0.2) is 0 Å². The number of likely N-dealkylation sites (tertiary alicyclic amines) is 1. The van der Waals surface area contributed by atoms with E-state index < -0.39 is 0 Å². The second-order valence-electron chi connectivity index (χ2n) is 6.45. The van der Waals surface area contributed by atoms with Gasteiger partial charge >= 0.3 is 0 Å². The summed E-state index contributed by atoms with van der Waals surface area (Å²) in [7, 11) is 0. The third kappa shape index (κ3) is 2.65. The van der Waals surface area contributed by atoms with Crippen LogP contribution in [0.25, 0.3) is 0 Å². The number of hydrogen-bond donors (Lipinski definition) is 1. The zero-order valence-electron chi connectivity index (χ0n) is 11.7. The van der Waals surface area contributed by atoms with Gasteiger partial charge in [-0.3, -0.25) is 4.99 Å². The molecule has 1 N–H and O–H groups in total. The van der Waals surface area contributed by atoms with E-state index in [0.717, 1.165) is 12.6 Å². The Morgan fingerprint density at radius 3 is 2.67 bits per heavy atom. The lowest BCUT2D eigenvalue weighted by atomic mass is 9.73. The molecular weight excluding hydrogens is 222 g/mol. The molecule has 0 aromatic heterocycles. The fourth-order valence-electron chi connectivity index (χ4n) is 3.62. The van der Waals surface area contributed by atoms with Crippen LogP contribution in [0, 0.1) is 5.41 Å². The van der Waals surface area contributed by atoms with E-state index >= 15 is 0 Å². The molecule has 3 fully saturated rings. The molecule has 0 aromatic rings. The molecule has 102 valence electrons. The maximum atomic E-state index is 4.70. The van der Waals surface area contributed by atoms with Crippen molar-refractivity contribution in [1.82, 2.24) is 10.2 Å². The highest BCUT2D eigenvalue weighted by atomic mass is 15.3. The quantitative estimate of drug-likeness (QED) is 0.602. The van der Waals surface area contributed by atoms with Gasteiger partial charge in [0, 0.05) is 25.7 Å². The molecule has 2 aliphatic carbocycles. The van der Waals surface area contributed by atoms with Crippen LogP contribution >= 0.6 is 0 Å². The van der Waals surface area contributed by atoms with Gasteiger partial charge in [0.2, 0.25) is 0 Å². The van der Waals surface area contributed by atoms with Crippen molar-refractivity contribution in [3.05, 3.63) is 0 Å². The van der Waals surface area contributed by atoms with Crippen LogP contribution in [0.15, 0.2) is 4.99 Å². The Morgan fingerprint density at radius 1 is 1.22 bits per heavy atom. The monoisotopic (exact) mass is 249 g/mol. The Labute approximate surface area is 111 Å². The Hall–Kier alpha value is -0.730. The lowest BCUT2D eigenvalue weighted by Crippen LogP contribution is -2.42. The summed E-state index contributed by atoms with van der Waals surface area (Å²) in [6, 6.07) is 0.721. The van der Waals surface area contributed by atoms with E-state index in [0.29, 0.717) is 5.41 Å². The topological polar surface area (TPSA) is 27.6 Å². The summed E-state index contributed by atoms with van der Waals surface area (Å²) in [5.74, 6) is 1.20. The van der Waals surface area contributed by atoms with E-state index in [-0.39, 0.29) is 0 Å². The minimum atomic E-state index is 0.637. The van der Waals surface area contributed by atoms with Crippen LogP contribution < -0.4 is 5.32 Å². The van der Waals surface area contributed by atoms with Gasteiger partial charge in [0.25, 0.3) is 0 Å². The molecule has 0 bridgehead atoms. The van der Waals surface area contributed by atoms with Crippen LogP contribution in [-0.4, -0.2) is 36.5 Å². The Morgan fingerprint density at radius 2 is 2.00 bits per heavy atom.